The fourth-order valence-electron chi connectivity index (χ4n) is 2.58. The maximum absolute atomic E-state index is 13.3. The van der Waals surface area contributed by atoms with Gasteiger partial charge in [-0.3, -0.25) is 4.99 Å². The Hall–Kier alpha value is -1.09. The van der Waals surface area contributed by atoms with Gasteiger partial charge in [-0.2, -0.15) is 0 Å². The molecule has 1 aromatic rings. The normalized spacial score (nSPS) is 15.8. The van der Waals surface area contributed by atoms with Crippen molar-refractivity contribution in [2.24, 2.45) is 4.99 Å². The summed E-state index contributed by atoms with van der Waals surface area (Å²) in [6.07, 6.45) is 3.93. The van der Waals surface area contributed by atoms with E-state index in [-0.39, 0.29) is 29.7 Å². The van der Waals surface area contributed by atoms with E-state index in [4.69, 9.17) is 0 Å². The Morgan fingerprint density at radius 1 is 1.26 bits per heavy atom. The molecule has 0 atom stereocenters. The van der Waals surface area contributed by atoms with Crippen LogP contribution in [-0.2, 0) is 6.54 Å². The molecule has 3 N–H and O–H groups in total. The van der Waals surface area contributed by atoms with Crippen LogP contribution in [0.4, 0.5) is 4.39 Å². The van der Waals surface area contributed by atoms with Crippen molar-refractivity contribution in [2.75, 3.05) is 33.2 Å². The van der Waals surface area contributed by atoms with Gasteiger partial charge in [-0.15, -0.1) is 24.0 Å². The van der Waals surface area contributed by atoms with Crippen molar-refractivity contribution >= 4 is 29.9 Å². The lowest BCUT2D eigenvalue weighted by molar-refractivity contribution is 0.232. The number of halogens is 2. The minimum atomic E-state index is -0.604. The van der Waals surface area contributed by atoms with Crippen LogP contribution in [0, 0.1) is 5.82 Å². The molecule has 130 valence electrons. The summed E-state index contributed by atoms with van der Waals surface area (Å²) in [7, 11) is 1.72. The van der Waals surface area contributed by atoms with Crippen LogP contribution in [0.15, 0.2) is 23.2 Å². The Balaban J connectivity index is 0.00000264. The SMILES string of the molecule is CN=C(NCCN1CCCCC1)NCc1ccc(O)c(F)c1.I. The standard InChI is InChI=1S/C16H25FN4O.HI/c1-18-16(19-7-10-21-8-3-2-4-9-21)20-12-13-5-6-15(22)14(17)11-13;/h5-6,11,22H,2-4,7-10,12H2,1H3,(H2,18,19,20);1H. The van der Waals surface area contributed by atoms with E-state index in [9.17, 15) is 9.50 Å². The second-order valence-corrected chi connectivity index (χ2v) is 5.54. The van der Waals surface area contributed by atoms with Crippen LogP contribution in [0.1, 0.15) is 24.8 Å². The summed E-state index contributed by atoms with van der Waals surface area (Å²) in [6, 6.07) is 4.37. The molecule has 0 aromatic heterocycles. The van der Waals surface area contributed by atoms with Crippen LogP contribution in [0.25, 0.3) is 0 Å². The third kappa shape index (κ3) is 6.90. The lowest BCUT2D eigenvalue weighted by atomic mass is 10.1. The van der Waals surface area contributed by atoms with Crippen LogP contribution >= 0.6 is 24.0 Å². The second-order valence-electron chi connectivity index (χ2n) is 5.54. The predicted molar refractivity (Wildman–Crippen MR) is 102 cm³/mol. The minimum Gasteiger partial charge on any atom is -0.505 e. The molecule has 1 aliphatic rings. The van der Waals surface area contributed by atoms with E-state index in [0.29, 0.717) is 12.5 Å². The minimum absolute atomic E-state index is 0. The molecule has 5 nitrogen and oxygen atoms in total. The van der Waals surface area contributed by atoms with Crippen LogP contribution in [-0.4, -0.2) is 49.2 Å². The van der Waals surface area contributed by atoms with Gasteiger partial charge in [0.05, 0.1) is 0 Å². The zero-order valence-electron chi connectivity index (χ0n) is 13.5. The highest BCUT2D eigenvalue weighted by Crippen LogP contribution is 2.15. The van der Waals surface area contributed by atoms with Gasteiger partial charge < -0.3 is 20.6 Å². The molecule has 1 fully saturated rings. The number of aromatic hydroxyl groups is 1. The molecular weight excluding hydrogens is 410 g/mol. The number of aliphatic imine (C=N–C) groups is 1. The van der Waals surface area contributed by atoms with Gasteiger partial charge in [0.15, 0.2) is 17.5 Å². The Bertz CT molecular complexity index is 507. The summed E-state index contributed by atoms with van der Waals surface area (Å²) in [6.45, 7) is 4.67. The maximum Gasteiger partial charge on any atom is 0.191 e. The average Bonchev–Trinajstić information content (AvgIpc) is 2.55. The first-order chi connectivity index (χ1) is 10.7. The third-order valence-electron chi connectivity index (χ3n) is 3.86. The van der Waals surface area contributed by atoms with Crippen molar-refractivity contribution in [2.45, 2.75) is 25.8 Å². The summed E-state index contributed by atoms with van der Waals surface area (Å²) in [5.41, 5.74) is 0.759. The molecule has 1 saturated heterocycles. The number of nitrogens with one attached hydrogen (secondary N) is 2. The van der Waals surface area contributed by atoms with Crippen molar-refractivity contribution < 1.29 is 9.50 Å². The van der Waals surface area contributed by atoms with Crippen molar-refractivity contribution in [3.8, 4) is 5.75 Å². The fourth-order valence-corrected chi connectivity index (χ4v) is 2.58. The molecule has 0 amide bonds. The van der Waals surface area contributed by atoms with E-state index in [2.05, 4.69) is 20.5 Å². The van der Waals surface area contributed by atoms with Crippen LogP contribution < -0.4 is 10.6 Å². The molecule has 0 saturated carbocycles. The van der Waals surface area contributed by atoms with Gasteiger partial charge >= 0.3 is 0 Å². The first-order valence-corrected chi connectivity index (χ1v) is 7.83. The number of hydrogen-bond acceptors (Lipinski definition) is 3. The number of phenols is 1. The summed E-state index contributed by atoms with van der Waals surface area (Å²) < 4.78 is 13.3. The fraction of sp³-hybridized carbons (Fsp3) is 0.562. The molecule has 0 unspecified atom stereocenters. The molecular formula is C16H26FIN4O. The van der Waals surface area contributed by atoms with Gasteiger partial charge in [-0.1, -0.05) is 12.5 Å². The number of guanidine groups is 1. The average molecular weight is 436 g/mol. The lowest BCUT2D eigenvalue weighted by Crippen LogP contribution is -2.42. The molecule has 0 radical (unpaired) electrons. The van der Waals surface area contributed by atoms with E-state index < -0.39 is 5.82 Å². The number of hydrogen-bond donors (Lipinski definition) is 3. The molecule has 1 heterocycles. The zero-order valence-corrected chi connectivity index (χ0v) is 15.8. The number of nitrogens with zero attached hydrogens (tertiary/aromatic N) is 2. The molecule has 1 aromatic carbocycles. The number of piperidine rings is 1. The molecule has 0 bridgehead atoms. The Morgan fingerprint density at radius 2 is 2.00 bits per heavy atom. The highest BCUT2D eigenvalue weighted by molar-refractivity contribution is 14.0. The third-order valence-corrected chi connectivity index (χ3v) is 3.86. The summed E-state index contributed by atoms with van der Waals surface area (Å²) in [5, 5.41) is 15.6. The Morgan fingerprint density at radius 3 is 2.65 bits per heavy atom. The molecule has 1 aliphatic heterocycles. The van der Waals surface area contributed by atoms with Crippen LogP contribution in [0.3, 0.4) is 0 Å². The highest BCUT2D eigenvalue weighted by Gasteiger charge is 2.09. The summed E-state index contributed by atoms with van der Waals surface area (Å²) in [5.74, 6) is -0.231. The quantitative estimate of drug-likeness (QED) is 0.377. The van der Waals surface area contributed by atoms with Crippen LogP contribution in [0.2, 0.25) is 0 Å². The van der Waals surface area contributed by atoms with E-state index in [1.165, 1.54) is 44.5 Å². The van der Waals surface area contributed by atoms with Crippen molar-refractivity contribution in [3.05, 3.63) is 29.6 Å². The van der Waals surface area contributed by atoms with Crippen LogP contribution in [0.5, 0.6) is 5.75 Å². The molecule has 23 heavy (non-hydrogen) atoms. The van der Waals surface area contributed by atoms with Crippen molar-refractivity contribution in [3.63, 3.8) is 0 Å². The van der Waals surface area contributed by atoms with Gasteiger partial charge in [0.2, 0.25) is 0 Å². The topological polar surface area (TPSA) is 59.9 Å². The molecule has 2 rings (SSSR count). The van der Waals surface area contributed by atoms with E-state index >= 15 is 0 Å². The highest BCUT2D eigenvalue weighted by atomic mass is 127. The maximum atomic E-state index is 13.3. The van der Waals surface area contributed by atoms with E-state index in [1.807, 2.05) is 0 Å². The van der Waals surface area contributed by atoms with Gasteiger partial charge in [0, 0.05) is 26.7 Å². The zero-order chi connectivity index (χ0) is 15.8. The number of rotatable bonds is 5. The first kappa shape index (κ1) is 20.0. The smallest absolute Gasteiger partial charge is 0.191 e. The Kier molecular flexibility index (Phi) is 9.23. The number of phenolic OH excluding ortho intramolecular Hbond substituents is 1. The van der Waals surface area contributed by atoms with Crippen molar-refractivity contribution in [1.82, 2.24) is 15.5 Å². The molecule has 0 aliphatic carbocycles. The first-order valence-electron chi connectivity index (χ1n) is 7.83. The summed E-state index contributed by atoms with van der Waals surface area (Å²) >= 11 is 0. The predicted octanol–water partition coefficient (Wildman–Crippen LogP) is 2.30. The van der Waals surface area contributed by atoms with E-state index in [1.54, 1.807) is 13.1 Å². The number of benzene rings is 1. The van der Waals surface area contributed by atoms with Gasteiger partial charge in [-0.25, -0.2) is 4.39 Å². The Labute approximate surface area is 154 Å². The largest absolute Gasteiger partial charge is 0.505 e. The lowest BCUT2D eigenvalue weighted by Gasteiger charge is -2.26. The van der Waals surface area contributed by atoms with Gasteiger partial charge in [-0.05, 0) is 43.6 Å². The van der Waals surface area contributed by atoms with Crippen molar-refractivity contribution in [1.29, 1.82) is 0 Å². The van der Waals surface area contributed by atoms with Gasteiger partial charge in [0.1, 0.15) is 0 Å². The van der Waals surface area contributed by atoms with Gasteiger partial charge in [0.25, 0.3) is 0 Å². The summed E-state index contributed by atoms with van der Waals surface area (Å²) in [4.78, 5) is 6.62. The van der Waals surface area contributed by atoms with E-state index in [0.717, 1.165) is 18.7 Å². The number of likely N-dealkylation sites (tertiary alicyclic amines) is 1. The monoisotopic (exact) mass is 436 g/mol. The second kappa shape index (κ2) is 10.6. The molecule has 0 spiro atoms. The molecule has 7 heteroatoms.